The molecule has 0 fully saturated rings. The van der Waals surface area contributed by atoms with E-state index in [1.165, 1.54) is 257 Å². The Morgan fingerprint density at radius 3 is 1.01 bits per heavy atom. The smallest absolute Gasteiger partial charge is 0.456 e. The average Bonchev–Trinajstić information content (AvgIpc) is 3.69. The van der Waals surface area contributed by atoms with Crippen molar-refractivity contribution in [2.24, 2.45) is 0 Å². The number of likely N-dealkylation sites (N-methyl/N-ethyl adjacent to an activating group) is 1. The van der Waals surface area contributed by atoms with Crippen molar-refractivity contribution >= 4 is 19.7 Å². The van der Waals surface area contributed by atoms with Crippen LogP contribution in [0.4, 0.5) is 0 Å². The molecule has 0 saturated heterocycles. The third-order valence-electron chi connectivity index (χ3n) is 17.6. The zero-order valence-corrected chi connectivity index (χ0v) is 62.4. The van der Waals surface area contributed by atoms with Crippen molar-refractivity contribution in [3.8, 4) is 0 Å². The van der Waals surface area contributed by atoms with Gasteiger partial charge >= 0.3 is 13.8 Å². The number of hydrogen-bond donors (Lipinski definition) is 2. The second-order valence-corrected chi connectivity index (χ2v) is 29.3. The summed E-state index contributed by atoms with van der Waals surface area (Å²) in [7, 11) is 1.50. The maximum atomic E-state index is 13.7. The number of unbranched alkanes of at least 4 members (excludes halogenated alkanes) is 44. The van der Waals surface area contributed by atoms with Gasteiger partial charge in [-0.05, 0) is 109 Å². The van der Waals surface area contributed by atoms with E-state index in [9.17, 15) is 19.0 Å². The highest BCUT2D eigenvalue weighted by atomic mass is 31.2. The van der Waals surface area contributed by atoms with E-state index in [2.05, 4.69) is 99.0 Å². The molecule has 0 spiro atoms. The minimum Gasteiger partial charge on any atom is -0.456 e. The summed E-state index contributed by atoms with van der Waals surface area (Å²) in [4.78, 5) is 38.0. The number of allylic oxidation sites excluding steroid dienone is 13. The van der Waals surface area contributed by atoms with Gasteiger partial charge in [0, 0.05) is 12.8 Å². The monoisotopic (exact) mass is 1310 g/mol. The lowest BCUT2D eigenvalue weighted by atomic mass is 10.0. The molecule has 536 valence electrons. The fraction of sp³-hybridized carbons (Fsp3) is 0.805. The van der Waals surface area contributed by atoms with E-state index in [0.29, 0.717) is 23.9 Å². The predicted octanol–water partition coefficient (Wildman–Crippen LogP) is 25.6. The van der Waals surface area contributed by atoms with Crippen molar-refractivity contribution in [1.82, 2.24) is 5.32 Å². The Morgan fingerprint density at radius 2 is 0.663 bits per heavy atom. The van der Waals surface area contributed by atoms with Gasteiger partial charge in [-0.2, -0.15) is 0 Å². The summed E-state index contributed by atoms with van der Waals surface area (Å²) < 4.78 is 30.9. The summed E-state index contributed by atoms with van der Waals surface area (Å²) in [5.74, 6) is -0.495. The molecule has 0 aromatic carbocycles. The second kappa shape index (κ2) is 71.0. The van der Waals surface area contributed by atoms with Gasteiger partial charge in [0.1, 0.15) is 19.3 Å². The Kier molecular flexibility index (Phi) is 68.8. The van der Waals surface area contributed by atoms with Crippen molar-refractivity contribution in [1.29, 1.82) is 0 Å². The van der Waals surface area contributed by atoms with Gasteiger partial charge in [-0.15, -0.1) is 0 Å². The number of esters is 1. The summed E-state index contributed by atoms with van der Waals surface area (Å²) in [5.41, 5.74) is 0. The summed E-state index contributed by atoms with van der Waals surface area (Å²) >= 11 is 0. The highest BCUT2D eigenvalue weighted by molar-refractivity contribution is 7.47. The highest BCUT2D eigenvalue weighted by Gasteiger charge is 2.30. The lowest BCUT2D eigenvalue weighted by Gasteiger charge is -2.27. The van der Waals surface area contributed by atoms with Crippen LogP contribution in [0.2, 0.25) is 0 Å². The van der Waals surface area contributed by atoms with Crippen LogP contribution in [0.15, 0.2) is 85.1 Å². The minimum atomic E-state index is -4.46. The SMILES string of the molecule is CCCCC/C=C\C/C=C\C/C=C\C/C=C\CCCCCCCCCCCCCC(=O)NC(COP(=O)(O)OCC[N+](C)(C)C)C(/C=C/CCCCCCCCCCCC)OC(=O)CCCCCCCCCCCCCCCCCCC/C=C\C/C=C\CCCCC. The molecule has 0 saturated carbocycles. The zero-order valence-electron chi connectivity index (χ0n) is 61.5. The lowest BCUT2D eigenvalue weighted by molar-refractivity contribution is -0.870. The largest absolute Gasteiger partial charge is 0.472 e. The maximum absolute atomic E-state index is 13.7. The van der Waals surface area contributed by atoms with Gasteiger partial charge in [-0.1, -0.05) is 337 Å². The summed E-state index contributed by atoms with van der Waals surface area (Å²) in [5, 5.41) is 3.08. The maximum Gasteiger partial charge on any atom is 0.472 e. The van der Waals surface area contributed by atoms with Gasteiger partial charge in [-0.3, -0.25) is 18.6 Å². The van der Waals surface area contributed by atoms with Gasteiger partial charge in [0.05, 0.1) is 33.8 Å². The average molecular weight is 1310 g/mol. The quantitative estimate of drug-likeness (QED) is 0.0205. The molecule has 0 heterocycles. The number of nitrogens with one attached hydrogen (secondary N) is 1. The van der Waals surface area contributed by atoms with Crippen molar-refractivity contribution in [2.75, 3.05) is 40.9 Å². The zero-order chi connectivity index (χ0) is 67.0. The number of carbonyl (C=O) groups excluding carboxylic acids is 2. The van der Waals surface area contributed by atoms with E-state index in [0.717, 1.165) is 83.5 Å². The molecule has 0 aliphatic rings. The molecule has 9 nitrogen and oxygen atoms in total. The number of hydrogen-bond acceptors (Lipinski definition) is 6. The van der Waals surface area contributed by atoms with Crippen LogP contribution in [0.5, 0.6) is 0 Å². The molecule has 0 aromatic heterocycles. The van der Waals surface area contributed by atoms with Crippen molar-refractivity contribution in [2.45, 2.75) is 386 Å². The molecule has 0 aromatic rings. The van der Waals surface area contributed by atoms with Crippen molar-refractivity contribution in [3.63, 3.8) is 0 Å². The molecule has 0 aliphatic carbocycles. The Balaban J connectivity index is 4.93. The fourth-order valence-electron chi connectivity index (χ4n) is 11.5. The predicted molar refractivity (Wildman–Crippen MR) is 401 cm³/mol. The summed E-state index contributed by atoms with van der Waals surface area (Å²) in [6, 6.07) is -0.854. The minimum absolute atomic E-state index is 0.0385. The van der Waals surface area contributed by atoms with Crippen molar-refractivity contribution < 1.29 is 37.3 Å². The van der Waals surface area contributed by atoms with Crippen LogP contribution in [0.25, 0.3) is 0 Å². The number of ether oxygens (including phenoxy) is 1. The summed E-state index contributed by atoms with van der Waals surface area (Å²) in [6.07, 6.45) is 96.1. The van der Waals surface area contributed by atoms with Gasteiger partial charge in [0.25, 0.3) is 0 Å². The van der Waals surface area contributed by atoms with Crippen LogP contribution in [-0.2, 0) is 27.9 Å². The molecule has 0 rings (SSSR count). The first-order valence-electron chi connectivity index (χ1n) is 39.4. The molecular weight excluding hydrogens is 1160 g/mol. The first kappa shape index (κ1) is 89.2. The van der Waals surface area contributed by atoms with Gasteiger partial charge in [0.2, 0.25) is 5.91 Å². The Labute approximate surface area is 571 Å². The molecule has 0 aliphatic heterocycles. The highest BCUT2D eigenvalue weighted by Crippen LogP contribution is 2.43. The molecule has 10 heteroatoms. The summed E-state index contributed by atoms with van der Waals surface area (Å²) in [6.45, 7) is 7.00. The van der Waals surface area contributed by atoms with Gasteiger partial charge in [-0.25, -0.2) is 4.57 Å². The van der Waals surface area contributed by atoms with E-state index in [4.69, 9.17) is 13.8 Å². The number of phosphoric ester groups is 1. The van der Waals surface area contributed by atoms with Crippen LogP contribution in [-0.4, -0.2) is 74.3 Å². The normalized spacial score (nSPS) is 13.9. The Hall–Kier alpha value is -2.81. The van der Waals surface area contributed by atoms with Crippen molar-refractivity contribution in [3.05, 3.63) is 85.1 Å². The number of nitrogens with zero attached hydrogens (tertiary/aromatic N) is 1. The van der Waals surface area contributed by atoms with Gasteiger partial charge in [0.15, 0.2) is 0 Å². The third kappa shape index (κ3) is 71.5. The van der Waals surface area contributed by atoms with Crippen LogP contribution in [0, 0.1) is 0 Å². The second-order valence-electron chi connectivity index (χ2n) is 27.9. The fourth-order valence-corrected chi connectivity index (χ4v) is 12.2. The van der Waals surface area contributed by atoms with E-state index in [1.807, 2.05) is 33.3 Å². The van der Waals surface area contributed by atoms with Gasteiger partial charge < -0.3 is 19.4 Å². The number of rotatable bonds is 72. The molecule has 2 N–H and O–H groups in total. The molecule has 0 radical (unpaired) electrons. The molecule has 92 heavy (non-hydrogen) atoms. The van der Waals surface area contributed by atoms with Crippen LogP contribution < -0.4 is 5.32 Å². The Bertz CT molecular complexity index is 1850. The van der Waals surface area contributed by atoms with Crippen LogP contribution in [0.1, 0.15) is 374 Å². The van der Waals surface area contributed by atoms with Crippen LogP contribution in [0.3, 0.4) is 0 Å². The van der Waals surface area contributed by atoms with Crippen LogP contribution >= 0.6 is 7.82 Å². The Morgan fingerprint density at radius 1 is 0.380 bits per heavy atom. The first-order valence-corrected chi connectivity index (χ1v) is 40.9. The topological polar surface area (TPSA) is 111 Å². The number of quaternary nitrogens is 1. The van der Waals surface area contributed by atoms with E-state index in [1.54, 1.807) is 0 Å². The lowest BCUT2D eigenvalue weighted by Crippen LogP contribution is -2.47. The third-order valence-corrected chi connectivity index (χ3v) is 18.5. The van der Waals surface area contributed by atoms with E-state index < -0.39 is 20.0 Å². The number of carbonyl (C=O) groups is 2. The number of amides is 1. The first-order chi connectivity index (χ1) is 44.9. The molecule has 3 unspecified atom stereocenters. The molecular formula is C82H152N2O7P+. The number of phosphoric acid groups is 1. The van der Waals surface area contributed by atoms with E-state index in [-0.39, 0.29) is 25.1 Å². The molecule has 1 amide bonds. The standard InChI is InChI=1S/C82H151N2O7P/c1-7-10-13-16-19-22-25-28-30-32-34-36-38-40-42-44-46-48-50-52-54-56-59-62-65-68-71-74-81(85)83-79(78-90-92(87,88)89-77-76-84(4,5)6)80(73-70-67-64-61-58-27-24-21-18-15-12-9-3)91-82(86)75-72-69-66-63-60-57-55-53-51-49-47-45-43-41-39-37-35-33-31-29-26-23-20-17-14-11-8-2/h19-20,22-23,28-31,34,36,40,42,70,73,79-80H,7-18,21,24-27,32-33,35,37-39,41,43-69,71-72,74-78H2,1-6H3,(H-,83,85,87,88)/p+1/b22-19-,23-20-,30-28-,31-29-,36-34-,42-40-,73-70+. The van der Waals surface area contributed by atoms with E-state index >= 15 is 0 Å². The molecule has 3 atom stereocenters. The molecule has 0 bridgehead atoms.